The summed E-state index contributed by atoms with van der Waals surface area (Å²) in [6.45, 7) is 1.87. The van der Waals surface area contributed by atoms with Gasteiger partial charge in [-0.25, -0.2) is 0 Å². The summed E-state index contributed by atoms with van der Waals surface area (Å²) in [4.78, 5) is 21.9. The van der Waals surface area contributed by atoms with Crippen molar-refractivity contribution in [3.05, 3.63) is 21.9 Å². The van der Waals surface area contributed by atoms with Crippen molar-refractivity contribution in [2.24, 2.45) is 0 Å². The Bertz CT molecular complexity index is 314. The van der Waals surface area contributed by atoms with E-state index in [0.29, 0.717) is 6.42 Å². The maximum absolute atomic E-state index is 10.9. The Morgan fingerprint density at radius 1 is 1.58 bits per heavy atom. The van der Waals surface area contributed by atoms with Crippen molar-refractivity contribution in [2.75, 3.05) is 0 Å². The molecule has 0 saturated heterocycles. The number of carbonyl (C=O) groups excluding carboxylic acids is 2. The highest BCUT2D eigenvalue weighted by Crippen LogP contribution is 2.17. The van der Waals surface area contributed by atoms with E-state index in [1.807, 2.05) is 6.92 Å². The molecule has 0 radical (unpaired) electrons. The molecular weight excluding hydrogens is 176 g/mol. The number of aliphatic carboxylic acids is 1. The summed E-state index contributed by atoms with van der Waals surface area (Å²) in [5.41, 5.74) is 0.266. The third-order valence-corrected chi connectivity index (χ3v) is 2.56. The predicted octanol–water partition coefficient (Wildman–Crippen LogP) is 0.243. The van der Waals surface area contributed by atoms with E-state index >= 15 is 0 Å². The number of hydrogen-bond acceptors (Lipinski definition) is 4. The van der Waals surface area contributed by atoms with Crippen LogP contribution in [0.1, 0.15) is 22.2 Å². The molecule has 0 spiro atoms. The van der Waals surface area contributed by atoms with Gasteiger partial charge >= 0.3 is 0 Å². The molecule has 0 aromatic carbocycles. The Hall–Kier alpha value is -1.16. The first-order valence-corrected chi connectivity index (χ1v) is 4.36. The second-order valence-corrected chi connectivity index (χ2v) is 3.23. The van der Waals surface area contributed by atoms with Crippen LogP contribution in [0.4, 0.5) is 0 Å². The van der Waals surface area contributed by atoms with Gasteiger partial charge in [0.15, 0.2) is 0 Å². The molecule has 12 heavy (non-hydrogen) atoms. The van der Waals surface area contributed by atoms with Crippen LogP contribution in [0, 0.1) is 0 Å². The van der Waals surface area contributed by atoms with Crippen molar-refractivity contribution in [1.29, 1.82) is 0 Å². The number of aryl methyl sites for hydroxylation is 1. The number of carbonyl (C=O) groups is 2. The van der Waals surface area contributed by atoms with Gasteiger partial charge in [0.1, 0.15) is 5.97 Å². The number of carboxylic acid groups (broad SMARTS) is 1. The van der Waals surface area contributed by atoms with E-state index < -0.39 is 11.8 Å². The summed E-state index contributed by atoms with van der Waals surface area (Å²) in [6, 6.07) is 1.52. The molecule has 0 atom stereocenters. The number of ketones is 1. The first-order chi connectivity index (χ1) is 5.66. The number of carboxylic acids is 1. The molecular formula is C8H7O3S-. The van der Waals surface area contributed by atoms with Crippen molar-refractivity contribution in [3.63, 3.8) is 0 Å². The summed E-state index contributed by atoms with van der Waals surface area (Å²) < 4.78 is 0. The van der Waals surface area contributed by atoms with Crippen molar-refractivity contribution >= 4 is 23.1 Å². The molecule has 0 fully saturated rings. The molecule has 0 N–H and O–H groups in total. The fourth-order valence-corrected chi connectivity index (χ4v) is 1.75. The molecule has 1 heterocycles. The summed E-state index contributed by atoms with van der Waals surface area (Å²) >= 11 is 1.38. The van der Waals surface area contributed by atoms with Gasteiger partial charge in [0.05, 0.1) is 0 Å². The predicted molar refractivity (Wildman–Crippen MR) is 43.0 cm³/mol. The quantitative estimate of drug-likeness (QED) is 0.498. The van der Waals surface area contributed by atoms with Gasteiger partial charge in [-0.1, -0.05) is 6.92 Å². The van der Waals surface area contributed by atoms with Gasteiger partial charge in [0.2, 0.25) is 5.78 Å². The summed E-state index contributed by atoms with van der Waals surface area (Å²) in [5, 5.41) is 11.9. The van der Waals surface area contributed by atoms with Crippen molar-refractivity contribution in [2.45, 2.75) is 13.3 Å². The molecule has 1 aromatic rings. The van der Waals surface area contributed by atoms with Crippen LogP contribution in [0.25, 0.3) is 0 Å². The maximum atomic E-state index is 10.9. The Labute approximate surface area is 73.6 Å². The van der Waals surface area contributed by atoms with Crippen LogP contribution in [0.15, 0.2) is 11.4 Å². The highest BCUT2D eigenvalue weighted by molar-refractivity contribution is 7.10. The van der Waals surface area contributed by atoms with E-state index in [0.717, 1.165) is 4.88 Å². The Kier molecular flexibility index (Phi) is 2.60. The second kappa shape index (κ2) is 3.49. The van der Waals surface area contributed by atoms with Gasteiger partial charge in [-0.2, -0.15) is 0 Å². The zero-order valence-electron chi connectivity index (χ0n) is 6.49. The highest BCUT2D eigenvalue weighted by Gasteiger charge is 2.11. The molecule has 64 valence electrons. The average molecular weight is 183 g/mol. The summed E-state index contributed by atoms with van der Waals surface area (Å²) in [5.74, 6) is -2.56. The van der Waals surface area contributed by atoms with Gasteiger partial charge in [-0.05, 0) is 17.9 Å². The fourth-order valence-electron chi connectivity index (χ4n) is 0.927. The molecule has 0 aliphatic carbocycles. The van der Waals surface area contributed by atoms with Crippen LogP contribution in [0.3, 0.4) is 0 Å². The summed E-state index contributed by atoms with van der Waals surface area (Å²) in [7, 11) is 0. The molecule has 0 aliphatic heterocycles. The molecule has 3 nitrogen and oxygen atoms in total. The minimum absolute atomic E-state index is 0.266. The number of hydrogen-bond donors (Lipinski definition) is 0. The Morgan fingerprint density at radius 2 is 2.25 bits per heavy atom. The third-order valence-electron chi connectivity index (χ3n) is 1.50. The largest absolute Gasteiger partial charge is 0.541 e. The minimum Gasteiger partial charge on any atom is -0.541 e. The molecule has 0 saturated carbocycles. The lowest BCUT2D eigenvalue weighted by atomic mass is 10.1. The van der Waals surface area contributed by atoms with Crippen LogP contribution in [0.2, 0.25) is 0 Å². The first kappa shape index (κ1) is 8.93. The lowest BCUT2D eigenvalue weighted by Gasteiger charge is -2.00. The molecule has 0 bridgehead atoms. The zero-order chi connectivity index (χ0) is 9.14. The SMILES string of the molecule is CCc1sccc1C(=O)C(=O)[O-]. The molecule has 4 heteroatoms. The molecule has 0 aliphatic rings. The Balaban J connectivity index is 3.02. The third kappa shape index (κ3) is 1.53. The first-order valence-electron chi connectivity index (χ1n) is 3.48. The molecule has 0 unspecified atom stereocenters. The van der Waals surface area contributed by atoms with E-state index in [1.54, 1.807) is 5.38 Å². The van der Waals surface area contributed by atoms with Crippen LogP contribution >= 0.6 is 11.3 Å². The monoisotopic (exact) mass is 183 g/mol. The van der Waals surface area contributed by atoms with Crippen LogP contribution in [0.5, 0.6) is 0 Å². The van der Waals surface area contributed by atoms with Gasteiger partial charge in [0, 0.05) is 10.4 Å². The molecule has 0 amide bonds. The topological polar surface area (TPSA) is 57.2 Å². The van der Waals surface area contributed by atoms with Crippen LogP contribution in [-0.4, -0.2) is 11.8 Å². The average Bonchev–Trinajstić information content (AvgIpc) is 2.49. The minimum atomic E-state index is -1.64. The van der Waals surface area contributed by atoms with Crippen LogP contribution in [-0.2, 0) is 11.2 Å². The van der Waals surface area contributed by atoms with Crippen molar-refractivity contribution < 1.29 is 14.7 Å². The lowest BCUT2D eigenvalue weighted by molar-refractivity contribution is -0.296. The number of thiophene rings is 1. The Morgan fingerprint density at radius 3 is 2.75 bits per heavy atom. The van der Waals surface area contributed by atoms with E-state index in [-0.39, 0.29) is 5.56 Å². The smallest absolute Gasteiger partial charge is 0.209 e. The molecule has 1 aromatic heterocycles. The van der Waals surface area contributed by atoms with E-state index in [2.05, 4.69) is 0 Å². The van der Waals surface area contributed by atoms with Gasteiger partial charge in [-0.15, -0.1) is 11.3 Å². The van der Waals surface area contributed by atoms with Crippen molar-refractivity contribution in [3.8, 4) is 0 Å². The number of rotatable bonds is 3. The van der Waals surface area contributed by atoms with E-state index in [1.165, 1.54) is 17.4 Å². The maximum Gasteiger partial charge on any atom is 0.209 e. The van der Waals surface area contributed by atoms with Gasteiger partial charge in [-0.3, -0.25) is 4.79 Å². The van der Waals surface area contributed by atoms with Gasteiger partial charge in [0.25, 0.3) is 0 Å². The molecule has 1 rings (SSSR count). The number of Topliss-reactive ketones (excluding diaryl/α,β-unsaturated/α-hetero) is 1. The van der Waals surface area contributed by atoms with E-state index in [9.17, 15) is 14.7 Å². The fraction of sp³-hybridized carbons (Fsp3) is 0.250. The van der Waals surface area contributed by atoms with Crippen LogP contribution < -0.4 is 5.11 Å². The standard InChI is InChI=1S/C8H8O3S/c1-2-6-5(3-4-12-6)7(9)8(10)11/h3-4H,2H2,1H3,(H,10,11)/p-1. The van der Waals surface area contributed by atoms with E-state index in [4.69, 9.17) is 0 Å². The van der Waals surface area contributed by atoms with Gasteiger partial charge < -0.3 is 9.90 Å². The normalized spacial score (nSPS) is 9.75. The van der Waals surface area contributed by atoms with Crippen molar-refractivity contribution in [1.82, 2.24) is 0 Å². The highest BCUT2D eigenvalue weighted by atomic mass is 32.1. The summed E-state index contributed by atoms with van der Waals surface area (Å²) in [6.07, 6.45) is 0.673. The second-order valence-electron chi connectivity index (χ2n) is 2.23. The zero-order valence-corrected chi connectivity index (χ0v) is 7.31. The lowest BCUT2D eigenvalue weighted by Crippen LogP contribution is -2.31.